The zero-order valence-electron chi connectivity index (χ0n) is 9.70. The monoisotopic (exact) mass is 365 g/mol. The first kappa shape index (κ1) is 14.5. The van der Waals surface area contributed by atoms with Crippen LogP contribution in [0.3, 0.4) is 0 Å². The van der Waals surface area contributed by atoms with Crippen molar-refractivity contribution >= 4 is 56.5 Å². The van der Waals surface area contributed by atoms with E-state index in [1.807, 2.05) is 0 Å². The molecule has 2 N–H and O–H groups in total. The quantitative estimate of drug-likeness (QED) is 0.786. The summed E-state index contributed by atoms with van der Waals surface area (Å²) < 4.78 is 0.774. The van der Waals surface area contributed by atoms with E-state index in [-0.39, 0.29) is 6.42 Å². The van der Waals surface area contributed by atoms with Crippen LogP contribution >= 0.6 is 38.9 Å². The highest BCUT2D eigenvalue weighted by Gasteiger charge is 2.47. The minimum Gasteiger partial charge on any atom is -0.480 e. The number of carbonyl (C=O) groups excluding carboxylic acids is 2. The summed E-state index contributed by atoms with van der Waals surface area (Å²) in [7, 11) is 0. The molecule has 1 saturated heterocycles. The number of halogens is 2. The number of carboxylic acids is 1. The second-order valence-corrected chi connectivity index (χ2v) is 7.30. The normalized spacial score (nSPS) is 27.2. The fourth-order valence-electron chi connectivity index (χ4n) is 2.09. The number of hydrogen-bond donors (Lipinski definition) is 2. The van der Waals surface area contributed by atoms with E-state index in [9.17, 15) is 14.4 Å². The van der Waals surface area contributed by atoms with Gasteiger partial charge in [0, 0.05) is 11.3 Å². The maximum atomic E-state index is 11.9. The van der Waals surface area contributed by atoms with Gasteiger partial charge in [0.15, 0.2) is 11.7 Å². The molecule has 19 heavy (non-hydrogen) atoms. The molecule has 0 spiro atoms. The van der Waals surface area contributed by atoms with Gasteiger partial charge in [-0.2, -0.15) is 0 Å². The number of rotatable bonds is 2. The number of nitrogens with one attached hydrogen (secondary N) is 1. The predicted molar refractivity (Wildman–Crippen MR) is 73.3 cm³/mol. The molecule has 1 amide bonds. The van der Waals surface area contributed by atoms with E-state index < -0.39 is 29.1 Å². The Morgan fingerprint density at radius 3 is 2.68 bits per heavy atom. The fraction of sp³-hybridized carbons (Fsp3) is 0.364. The molecule has 1 fully saturated rings. The van der Waals surface area contributed by atoms with Gasteiger partial charge in [-0.1, -0.05) is 11.6 Å². The van der Waals surface area contributed by atoms with Gasteiger partial charge >= 0.3 is 5.97 Å². The number of ketones is 1. The van der Waals surface area contributed by atoms with E-state index in [0.29, 0.717) is 9.90 Å². The van der Waals surface area contributed by atoms with Gasteiger partial charge in [-0.3, -0.25) is 14.4 Å². The number of carbonyl (C=O) groups is 3. The number of amides is 1. The summed E-state index contributed by atoms with van der Waals surface area (Å²) >= 11 is 10.6. The third kappa shape index (κ3) is 2.54. The second kappa shape index (κ2) is 4.88. The zero-order chi connectivity index (χ0) is 14.4. The molecular formula is C11H9BrClNO4S. The molecule has 2 rings (SSSR count). The van der Waals surface area contributed by atoms with E-state index in [2.05, 4.69) is 21.2 Å². The largest absolute Gasteiger partial charge is 0.480 e. The molecule has 1 aliphatic rings. The molecule has 2 atom stereocenters. The van der Waals surface area contributed by atoms with E-state index in [1.165, 1.54) is 11.3 Å². The van der Waals surface area contributed by atoms with Crippen LogP contribution in [0.25, 0.3) is 0 Å². The van der Waals surface area contributed by atoms with Crippen LogP contribution in [0.15, 0.2) is 9.85 Å². The number of hydrogen-bond acceptors (Lipinski definition) is 4. The van der Waals surface area contributed by atoms with Crippen LogP contribution in [-0.4, -0.2) is 22.8 Å². The number of piperidine rings is 1. The maximum absolute atomic E-state index is 11.9. The lowest BCUT2D eigenvalue weighted by molar-refractivity contribution is -0.154. The lowest BCUT2D eigenvalue weighted by atomic mass is 9.83. The van der Waals surface area contributed by atoms with Crippen LogP contribution in [0, 0.1) is 5.92 Å². The maximum Gasteiger partial charge on any atom is 0.323 e. The minimum absolute atomic E-state index is 0.0949. The second-order valence-electron chi connectivity index (χ2n) is 4.46. The molecule has 5 nitrogen and oxygen atoms in total. The molecule has 1 aliphatic heterocycles. The van der Waals surface area contributed by atoms with Crippen molar-refractivity contribution in [3.05, 3.63) is 19.8 Å². The van der Waals surface area contributed by atoms with Crippen molar-refractivity contribution < 1.29 is 19.5 Å². The van der Waals surface area contributed by atoms with E-state index >= 15 is 0 Å². The molecule has 0 aromatic carbocycles. The highest BCUT2D eigenvalue weighted by molar-refractivity contribution is 9.11. The number of Topliss-reactive ketones (excluding diaryl/α,β-unsaturated/α-hetero) is 1. The summed E-state index contributed by atoms with van der Waals surface area (Å²) in [4.78, 5) is 35.2. The summed E-state index contributed by atoms with van der Waals surface area (Å²) in [6, 6.07) is 1.67. The topological polar surface area (TPSA) is 83.5 Å². The predicted octanol–water partition coefficient (Wildman–Crippen LogP) is 2.17. The SMILES string of the molecule is CC1(c2sc(Br)cc2Cl)CC(=O)C(C(=O)O)C(=O)N1. The minimum atomic E-state index is -1.63. The molecule has 8 heteroatoms. The van der Waals surface area contributed by atoms with Gasteiger partial charge in [0.2, 0.25) is 5.91 Å². The van der Waals surface area contributed by atoms with Crippen molar-refractivity contribution in [1.29, 1.82) is 0 Å². The van der Waals surface area contributed by atoms with Crippen LogP contribution < -0.4 is 5.32 Å². The van der Waals surface area contributed by atoms with Crippen molar-refractivity contribution in [3.63, 3.8) is 0 Å². The van der Waals surface area contributed by atoms with Crippen LogP contribution in [0.2, 0.25) is 5.02 Å². The van der Waals surface area contributed by atoms with E-state index in [4.69, 9.17) is 16.7 Å². The molecule has 0 saturated carbocycles. The van der Waals surface area contributed by atoms with E-state index in [0.717, 1.165) is 3.79 Å². The average molecular weight is 367 g/mol. The number of aliphatic carboxylic acids is 1. The van der Waals surface area contributed by atoms with Crippen LogP contribution in [0.5, 0.6) is 0 Å². The van der Waals surface area contributed by atoms with Gasteiger partial charge in [-0.25, -0.2) is 0 Å². The first-order valence-corrected chi connectivity index (χ1v) is 7.26. The first-order chi connectivity index (χ1) is 8.74. The van der Waals surface area contributed by atoms with Crippen molar-refractivity contribution in [1.82, 2.24) is 5.32 Å². The Kier molecular flexibility index (Phi) is 3.72. The Morgan fingerprint density at radius 1 is 1.63 bits per heavy atom. The van der Waals surface area contributed by atoms with Gasteiger partial charge in [0.1, 0.15) is 0 Å². The van der Waals surface area contributed by atoms with Crippen molar-refractivity contribution in [2.75, 3.05) is 0 Å². The van der Waals surface area contributed by atoms with Gasteiger partial charge in [-0.05, 0) is 28.9 Å². The summed E-state index contributed by atoms with van der Waals surface area (Å²) in [5.41, 5.74) is -0.964. The lowest BCUT2D eigenvalue weighted by Gasteiger charge is -2.35. The van der Waals surface area contributed by atoms with Crippen LogP contribution in [0.4, 0.5) is 0 Å². The lowest BCUT2D eigenvalue weighted by Crippen LogP contribution is -2.56. The van der Waals surface area contributed by atoms with Crippen molar-refractivity contribution in [3.8, 4) is 0 Å². The molecule has 0 aliphatic carbocycles. The van der Waals surface area contributed by atoms with Crippen LogP contribution in [0.1, 0.15) is 18.2 Å². The highest BCUT2D eigenvalue weighted by Crippen LogP contribution is 2.41. The Bertz CT molecular complexity index is 567. The Balaban J connectivity index is 2.38. The van der Waals surface area contributed by atoms with Gasteiger partial charge in [-0.15, -0.1) is 11.3 Å². The Morgan fingerprint density at radius 2 is 2.26 bits per heavy atom. The molecule has 1 aromatic heterocycles. The van der Waals surface area contributed by atoms with Crippen LogP contribution in [-0.2, 0) is 19.9 Å². The first-order valence-electron chi connectivity index (χ1n) is 5.27. The standard InChI is InChI=1S/C11H9BrClNO4S/c1-11(8-4(13)2-6(12)19-8)3-5(15)7(10(17)18)9(16)14-11/h2,7H,3H2,1H3,(H,14,16)(H,17,18). The van der Waals surface area contributed by atoms with Crippen molar-refractivity contribution in [2.24, 2.45) is 5.92 Å². The summed E-state index contributed by atoms with van der Waals surface area (Å²) in [6.07, 6.45) is -0.0949. The summed E-state index contributed by atoms with van der Waals surface area (Å²) in [5, 5.41) is 11.9. The molecule has 0 radical (unpaired) electrons. The van der Waals surface area contributed by atoms with Gasteiger partial charge in [0.05, 0.1) is 14.3 Å². The van der Waals surface area contributed by atoms with Crippen molar-refractivity contribution in [2.45, 2.75) is 18.9 Å². The third-order valence-electron chi connectivity index (χ3n) is 2.92. The molecule has 1 aromatic rings. The number of thiophene rings is 1. The summed E-state index contributed by atoms with van der Waals surface area (Å²) in [6.45, 7) is 1.66. The highest BCUT2D eigenvalue weighted by atomic mass is 79.9. The molecule has 2 unspecified atom stereocenters. The Labute approximate surface area is 126 Å². The van der Waals surface area contributed by atoms with Gasteiger partial charge in [0.25, 0.3) is 0 Å². The molecule has 102 valence electrons. The molecule has 0 bridgehead atoms. The molecular weight excluding hydrogens is 358 g/mol. The fourth-order valence-corrected chi connectivity index (χ4v) is 4.31. The summed E-state index contributed by atoms with van der Waals surface area (Å²) in [5.74, 6) is -4.47. The van der Waals surface area contributed by atoms with Gasteiger partial charge < -0.3 is 10.4 Å². The van der Waals surface area contributed by atoms with E-state index in [1.54, 1.807) is 13.0 Å². The smallest absolute Gasteiger partial charge is 0.323 e. The Hall–Kier alpha value is -0.920. The zero-order valence-corrected chi connectivity index (χ0v) is 12.9. The third-order valence-corrected chi connectivity index (χ3v) is 5.23. The number of carboxylic acid groups (broad SMARTS) is 1. The molecule has 2 heterocycles. The average Bonchev–Trinajstić information content (AvgIpc) is 2.56.